The van der Waals surface area contributed by atoms with Gasteiger partial charge in [0.05, 0.1) is 22.4 Å². The van der Waals surface area contributed by atoms with Crippen LogP contribution in [0.5, 0.6) is 0 Å². The summed E-state index contributed by atoms with van der Waals surface area (Å²) in [5.74, 6) is 0. The number of hydrogen-bond donors (Lipinski definition) is 0. The zero-order valence-corrected chi connectivity index (χ0v) is 12.7. The van der Waals surface area contributed by atoms with Crippen LogP contribution in [-0.2, 0) is 14.6 Å². The summed E-state index contributed by atoms with van der Waals surface area (Å²) < 4.78 is 31.4. The van der Waals surface area contributed by atoms with E-state index in [2.05, 4.69) is 0 Å². The largest absolute Gasteiger partial charge is 0.369 e. The first-order valence-corrected chi connectivity index (χ1v) is 8.63. The summed E-state index contributed by atoms with van der Waals surface area (Å²) in [6.45, 7) is 1.84. The minimum absolute atomic E-state index is 0.148. The van der Waals surface area contributed by atoms with Gasteiger partial charge in [-0.1, -0.05) is 48.5 Å². The Balaban J connectivity index is 1.87. The fourth-order valence-corrected chi connectivity index (χ4v) is 4.73. The Kier molecular flexibility index (Phi) is 3.83. The van der Waals surface area contributed by atoms with Crippen LogP contribution in [0.25, 0.3) is 0 Å². The van der Waals surface area contributed by atoms with Gasteiger partial charge in [0.2, 0.25) is 0 Å². The van der Waals surface area contributed by atoms with Crippen LogP contribution in [0.15, 0.2) is 65.6 Å². The van der Waals surface area contributed by atoms with Gasteiger partial charge >= 0.3 is 0 Å². The highest BCUT2D eigenvalue weighted by atomic mass is 32.2. The number of ether oxygens (including phenoxy) is 1. The smallest absolute Gasteiger partial charge is 0.183 e. The molecule has 4 heteroatoms. The Morgan fingerprint density at radius 1 is 0.952 bits per heavy atom. The van der Waals surface area contributed by atoms with Crippen LogP contribution in [0.1, 0.15) is 25.0 Å². The molecule has 0 spiro atoms. The van der Waals surface area contributed by atoms with E-state index in [0.29, 0.717) is 11.3 Å². The molecular weight excluding hydrogens is 284 g/mol. The van der Waals surface area contributed by atoms with E-state index in [1.807, 2.05) is 43.3 Å². The van der Waals surface area contributed by atoms with E-state index in [9.17, 15) is 8.42 Å². The maximum atomic E-state index is 12.7. The lowest BCUT2D eigenvalue weighted by atomic mass is 10.1. The van der Waals surface area contributed by atoms with Gasteiger partial charge in [-0.25, -0.2) is 8.42 Å². The van der Waals surface area contributed by atoms with Gasteiger partial charge in [0.1, 0.15) is 0 Å². The summed E-state index contributed by atoms with van der Waals surface area (Å²) >= 11 is 0. The summed E-state index contributed by atoms with van der Waals surface area (Å²) in [5, 5.41) is -0.495. The number of sulfone groups is 1. The van der Waals surface area contributed by atoms with Gasteiger partial charge < -0.3 is 4.74 Å². The standard InChI is InChI=1S/C17H18O3S/c1-13-17(21(18,19)15-10-6-3-7-11-15)12-16(20-13)14-8-4-2-5-9-14/h2-11,13,16-17H,12H2,1H3/t13-,16+,17+/m0/s1. The van der Waals surface area contributed by atoms with Crippen molar-refractivity contribution in [3.8, 4) is 0 Å². The molecule has 3 nitrogen and oxygen atoms in total. The monoisotopic (exact) mass is 302 g/mol. The molecular formula is C17H18O3S. The summed E-state index contributed by atoms with van der Waals surface area (Å²) in [6, 6.07) is 18.4. The third kappa shape index (κ3) is 2.74. The van der Waals surface area contributed by atoms with Gasteiger partial charge in [-0.15, -0.1) is 0 Å². The first-order chi connectivity index (χ1) is 10.1. The lowest BCUT2D eigenvalue weighted by molar-refractivity contribution is 0.0561. The van der Waals surface area contributed by atoms with Crippen LogP contribution in [0, 0.1) is 0 Å². The summed E-state index contributed by atoms with van der Waals surface area (Å²) in [7, 11) is -3.35. The lowest BCUT2D eigenvalue weighted by Crippen LogP contribution is -2.27. The van der Waals surface area contributed by atoms with E-state index in [0.717, 1.165) is 5.56 Å². The predicted octanol–water partition coefficient (Wildman–Crippen LogP) is 3.38. The van der Waals surface area contributed by atoms with Gasteiger partial charge in [-0.3, -0.25) is 0 Å². The van der Waals surface area contributed by atoms with E-state index in [-0.39, 0.29) is 12.2 Å². The van der Waals surface area contributed by atoms with Crippen molar-refractivity contribution in [2.24, 2.45) is 0 Å². The Bertz CT molecular complexity index is 695. The molecule has 1 aliphatic rings. The molecule has 21 heavy (non-hydrogen) atoms. The second-order valence-corrected chi connectivity index (χ2v) is 7.54. The molecule has 3 atom stereocenters. The summed E-state index contributed by atoms with van der Waals surface area (Å²) in [6.07, 6.45) is 0.0488. The van der Waals surface area contributed by atoms with Crippen LogP contribution in [0.4, 0.5) is 0 Å². The molecule has 3 rings (SSSR count). The SMILES string of the molecule is C[C@@H]1O[C@@H](c2ccccc2)C[C@H]1S(=O)(=O)c1ccccc1. The molecule has 1 aliphatic heterocycles. The molecule has 2 aromatic rings. The third-order valence-corrected chi connectivity index (χ3v) is 6.29. The summed E-state index contributed by atoms with van der Waals surface area (Å²) in [4.78, 5) is 0.374. The third-order valence-electron chi connectivity index (χ3n) is 3.99. The zero-order valence-electron chi connectivity index (χ0n) is 11.8. The Hall–Kier alpha value is -1.65. The fraction of sp³-hybridized carbons (Fsp3) is 0.294. The maximum absolute atomic E-state index is 12.7. The molecule has 0 aliphatic carbocycles. The average molecular weight is 302 g/mol. The van der Waals surface area contributed by atoms with Crippen molar-refractivity contribution in [3.63, 3.8) is 0 Å². The molecule has 2 aromatic carbocycles. The first-order valence-electron chi connectivity index (χ1n) is 7.08. The highest BCUT2D eigenvalue weighted by molar-refractivity contribution is 7.92. The number of benzene rings is 2. The van der Waals surface area contributed by atoms with Crippen LogP contribution in [-0.4, -0.2) is 19.8 Å². The van der Waals surface area contributed by atoms with Crippen molar-refractivity contribution >= 4 is 9.84 Å². The van der Waals surface area contributed by atoms with E-state index in [4.69, 9.17) is 4.74 Å². The molecule has 0 radical (unpaired) electrons. The molecule has 1 heterocycles. The molecule has 110 valence electrons. The average Bonchev–Trinajstić information content (AvgIpc) is 2.92. The van der Waals surface area contributed by atoms with Gasteiger partial charge in [0, 0.05) is 0 Å². The second kappa shape index (κ2) is 5.62. The Morgan fingerprint density at radius 2 is 1.52 bits per heavy atom. The summed E-state index contributed by atoms with van der Waals surface area (Å²) in [5.41, 5.74) is 1.04. The van der Waals surface area contributed by atoms with Gasteiger partial charge in [-0.2, -0.15) is 0 Å². The molecule has 1 saturated heterocycles. The Morgan fingerprint density at radius 3 is 2.14 bits per heavy atom. The second-order valence-electron chi connectivity index (χ2n) is 5.37. The Labute approximate surface area is 125 Å². The van der Waals surface area contributed by atoms with E-state index in [1.165, 1.54) is 0 Å². The topological polar surface area (TPSA) is 43.4 Å². The molecule has 0 unspecified atom stereocenters. The molecule has 0 saturated carbocycles. The van der Waals surface area contributed by atoms with Gasteiger partial charge in [0.15, 0.2) is 9.84 Å². The van der Waals surface area contributed by atoms with Crippen molar-refractivity contribution in [1.82, 2.24) is 0 Å². The zero-order chi connectivity index (χ0) is 14.9. The minimum atomic E-state index is -3.35. The molecule has 0 aromatic heterocycles. The van der Waals surface area contributed by atoms with Gasteiger partial charge in [-0.05, 0) is 31.0 Å². The van der Waals surface area contributed by atoms with Crippen LogP contribution >= 0.6 is 0 Å². The quantitative estimate of drug-likeness (QED) is 0.873. The highest BCUT2D eigenvalue weighted by Crippen LogP contribution is 2.38. The van der Waals surface area contributed by atoms with Crippen LogP contribution in [0.2, 0.25) is 0 Å². The molecule has 0 amide bonds. The van der Waals surface area contributed by atoms with E-state index >= 15 is 0 Å². The van der Waals surface area contributed by atoms with Crippen molar-refractivity contribution in [3.05, 3.63) is 66.2 Å². The first kappa shape index (κ1) is 14.3. The van der Waals surface area contributed by atoms with Crippen molar-refractivity contribution in [2.75, 3.05) is 0 Å². The van der Waals surface area contributed by atoms with E-state index in [1.54, 1.807) is 24.3 Å². The molecule has 0 bridgehead atoms. The number of hydrogen-bond acceptors (Lipinski definition) is 3. The number of rotatable bonds is 3. The lowest BCUT2D eigenvalue weighted by Gasteiger charge is -2.14. The molecule has 1 fully saturated rings. The van der Waals surface area contributed by atoms with Crippen LogP contribution < -0.4 is 0 Å². The van der Waals surface area contributed by atoms with Gasteiger partial charge in [0.25, 0.3) is 0 Å². The predicted molar refractivity (Wildman–Crippen MR) is 81.8 cm³/mol. The van der Waals surface area contributed by atoms with E-state index < -0.39 is 15.1 Å². The van der Waals surface area contributed by atoms with Crippen molar-refractivity contribution < 1.29 is 13.2 Å². The maximum Gasteiger partial charge on any atom is 0.183 e. The normalized spacial score (nSPS) is 25.9. The fourth-order valence-electron chi connectivity index (χ4n) is 2.85. The van der Waals surface area contributed by atoms with Crippen molar-refractivity contribution in [1.29, 1.82) is 0 Å². The minimum Gasteiger partial charge on any atom is -0.369 e. The molecule has 0 N–H and O–H groups in total. The van der Waals surface area contributed by atoms with Crippen molar-refractivity contribution in [2.45, 2.75) is 35.7 Å². The van der Waals surface area contributed by atoms with Crippen LogP contribution in [0.3, 0.4) is 0 Å². The highest BCUT2D eigenvalue weighted by Gasteiger charge is 2.41.